The lowest BCUT2D eigenvalue weighted by Crippen LogP contribution is -1.92. The van der Waals surface area contributed by atoms with Crippen molar-refractivity contribution in [1.29, 1.82) is 0 Å². The Bertz CT molecular complexity index is 481. The summed E-state index contributed by atoms with van der Waals surface area (Å²) in [6.45, 7) is 0.519. The van der Waals surface area contributed by atoms with Crippen LogP contribution in [0.4, 0.5) is 4.39 Å². The van der Waals surface area contributed by atoms with E-state index in [1.165, 1.54) is 6.07 Å². The van der Waals surface area contributed by atoms with Gasteiger partial charge in [0.2, 0.25) is 0 Å². The van der Waals surface area contributed by atoms with Crippen molar-refractivity contribution in [3.63, 3.8) is 0 Å². The third-order valence-electron chi connectivity index (χ3n) is 2.09. The molecule has 2 N–H and O–H groups in total. The Labute approximate surface area is 96.3 Å². The summed E-state index contributed by atoms with van der Waals surface area (Å²) in [6, 6.07) is 6.71. The highest BCUT2D eigenvalue weighted by molar-refractivity contribution is 7.13. The topological polar surface area (TPSA) is 26.0 Å². The van der Waals surface area contributed by atoms with Gasteiger partial charge in [0.05, 0.1) is 5.02 Å². The van der Waals surface area contributed by atoms with E-state index >= 15 is 0 Å². The van der Waals surface area contributed by atoms with E-state index in [9.17, 15) is 4.39 Å². The molecule has 15 heavy (non-hydrogen) atoms. The number of rotatable bonds is 2. The van der Waals surface area contributed by atoms with E-state index in [4.69, 9.17) is 17.3 Å². The average Bonchev–Trinajstić information content (AvgIpc) is 2.70. The second-order valence-corrected chi connectivity index (χ2v) is 4.47. The minimum atomic E-state index is -0.393. The summed E-state index contributed by atoms with van der Waals surface area (Å²) >= 11 is 7.29. The maximum Gasteiger partial charge on any atom is 0.141 e. The van der Waals surface area contributed by atoms with E-state index in [2.05, 4.69) is 0 Å². The number of thiophene rings is 1. The second-order valence-electron chi connectivity index (χ2n) is 3.15. The van der Waals surface area contributed by atoms with Gasteiger partial charge in [0, 0.05) is 11.4 Å². The molecule has 78 valence electrons. The first-order valence-corrected chi connectivity index (χ1v) is 5.69. The predicted molar refractivity (Wildman–Crippen MR) is 62.6 cm³/mol. The van der Waals surface area contributed by atoms with Gasteiger partial charge in [0.15, 0.2) is 0 Å². The molecular weight excluding hydrogens is 233 g/mol. The van der Waals surface area contributed by atoms with Crippen molar-refractivity contribution in [3.8, 4) is 10.4 Å². The smallest absolute Gasteiger partial charge is 0.141 e. The van der Waals surface area contributed by atoms with Crippen molar-refractivity contribution < 1.29 is 4.39 Å². The lowest BCUT2D eigenvalue weighted by Gasteiger charge is -1.98. The summed E-state index contributed by atoms with van der Waals surface area (Å²) < 4.78 is 12.9. The molecule has 0 saturated heterocycles. The standard InChI is InChI=1S/C11H9ClFNS/c12-9-4-8(1-2-10(9)13)11-3-7(5-14)6-15-11/h1-4,6H,5,14H2. The van der Waals surface area contributed by atoms with Gasteiger partial charge in [-0.1, -0.05) is 17.7 Å². The van der Waals surface area contributed by atoms with Crippen LogP contribution in [0.3, 0.4) is 0 Å². The van der Waals surface area contributed by atoms with Gasteiger partial charge in [-0.25, -0.2) is 4.39 Å². The molecular formula is C11H9ClFNS. The second kappa shape index (κ2) is 4.31. The number of hydrogen-bond donors (Lipinski definition) is 1. The van der Waals surface area contributed by atoms with Crippen LogP contribution in [0.15, 0.2) is 29.6 Å². The molecule has 0 atom stereocenters. The van der Waals surface area contributed by atoms with Gasteiger partial charge in [-0.05, 0) is 34.7 Å². The van der Waals surface area contributed by atoms with Crippen LogP contribution >= 0.6 is 22.9 Å². The molecule has 1 aromatic heterocycles. The summed E-state index contributed by atoms with van der Waals surface area (Å²) in [4.78, 5) is 1.05. The average molecular weight is 242 g/mol. The van der Waals surface area contributed by atoms with Crippen LogP contribution in [0, 0.1) is 5.82 Å². The Morgan fingerprint density at radius 3 is 2.73 bits per heavy atom. The monoisotopic (exact) mass is 241 g/mol. The number of benzene rings is 1. The molecule has 1 nitrogen and oxygen atoms in total. The maximum atomic E-state index is 12.9. The van der Waals surface area contributed by atoms with E-state index in [-0.39, 0.29) is 5.02 Å². The molecule has 1 aromatic carbocycles. The number of hydrogen-bond acceptors (Lipinski definition) is 2. The molecule has 0 radical (unpaired) electrons. The lowest BCUT2D eigenvalue weighted by atomic mass is 10.1. The third kappa shape index (κ3) is 2.20. The molecule has 0 aliphatic carbocycles. The van der Waals surface area contributed by atoms with Crippen molar-refractivity contribution >= 4 is 22.9 Å². The lowest BCUT2D eigenvalue weighted by molar-refractivity contribution is 0.628. The molecule has 0 aliphatic rings. The molecule has 0 amide bonds. The van der Waals surface area contributed by atoms with Crippen molar-refractivity contribution in [2.24, 2.45) is 5.73 Å². The van der Waals surface area contributed by atoms with Crippen LogP contribution < -0.4 is 5.73 Å². The van der Waals surface area contributed by atoms with Gasteiger partial charge in [-0.15, -0.1) is 11.3 Å². The third-order valence-corrected chi connectivity index (χ3v) is 3.41. The van der Waals surface area contributed by atoms with E-state index in [0.717, 1.165) is 16.0 Å². The Morgan fingerprint density at radius 1 is 1.33 bits per heavy atom. The molecule has 1 heterocycles. The molecule has 0 bridgehead atoms. The molecule has 0 spiro atoms. The molecule has 2 rings (SSSR count). The van der Waals surface area contributed by atoms with Gasteiger partial charge in [0.1, 0.15) is 5.82 Å². The van der Waals surface area contributed by atoms with E-state index < -0.39 is 5.82 Å². The van der Waals surface area contributed by atoms with Crippen molar-refractivity contribution in [1.82, 2.24) is 0 Å². The molecule has 0 fully saturated rings. The summed E-state index contributed by atoms with van der Waals surface area (Å²) in [5.41, 5.74) is 7.52. The predicted octanol–water partition coefficient (Wildman–Crippen LogP) is 3.67. The quantitative estimate of drug-likeness (QED) is 0.853. The first kappa shape index (κ1) is 10.6. The Hall–Kier alpha value is -0.900. The van der Waals surface area contributed by atoms with Crippen LogP contribution in [-0.2, 0) is 6.54 Å². The fourth-order valence-corrected chi connectivity index (χ4v) is 2.39. The van der Waals surface area contributed by atoms with Gasteiger partial charge in [-0.3, -0.25) is 0 Å². The first-order chi connectivity index (χ1) is 7.20. The SMILES string of the molecule is NCc1csc(-c2ccc(F)c(Cl)c2)c1. The van der Waals surface area contributed by atoms with Crippen molar-refractivity contribution in [2.45, 2.75) is 6.54 Å². The zero-order valence-electron chi connectivity index (χ0n) is 7.84. The van der Waals surface area contributed by atoms with Crippen LogP contribution in [0.25, 0.3) is 10.4 Å². The van der Waals surface area contributed by atoms with Gasteiger partial charge < -0.3 is 5.73 Å². The largest absolute Gasteiger partial charge is 0.326 e. The fourth-order valence-electron chi connectivity index (χ4n) is 1.28. The van der Waals surface area contributed by atoms with Crippen LogP contribution in [0.5, 0.6) is 0 Å². The summed E-state index contributed by atoms with van der Waals surface area (Å²) in [5.74, 6) is -0.393. The van der Waals surface area contributed by atoms with E-state index in [1.54, 1.807) is 23.5 Å². The number of halogens is 2. The molecule has 0 unspecified atom stereocenters. The van der Waals surface area contributed by atoms with Gasteiger partial charge in [0.25, 0.3) is 0 Å². The minimum absolute atomic E-state index is 0.148. The zero-order valence-corrected chi connectivity index (χ0v) is 9.41. The fraction of sp³-hybridized carbons (Fsp3) is 0.0909. The van der Waals surface area contributed by atoms with Crippen molar-refractivity contribution in [3.05, 3.63) is 46.0 Å². The Balaban J connectivity index is 2.40. The van der Waals surface area contributed by atoms with Gasteiger partial charge in [-0.2, -0.15) is 0 Å². The number of nitrogens with two attached hydrogens (primary N) is 1. The van der Waals surface area contributed by atoms with E-state index in [1.807, 2.05) is 11.4 Å². The van der Waals surface area contributed by atoms with Crippen LogP contribution in [0.1, 0.15) is 5.56 Å². The van der Waals surface area contributed by atoms with E-state index in [0.29, 0.717) is 6.54 Å². The summed E-state index contributed by atoms with van der Waals surface area (Å²) in [5, 5.41) is 2.14. The minimum Gasteiger partial charge on any atom is -0.326 e. The Kier molecular flexibility index (Phi) is 3.05. The normalized spacial score (nSPS) is 10.6. The first-order valence-electron chi connectivity index (χ1n) is 4.43. The highest BCUT2D eigenvalue weighted by Crippen LogP contribution is 2.29. The van der Waals surface area contributed by atoms with Crippen LogP contribution in [-0.4, -0.2) is 0 Å². The Morgan fingerprint density at radius 2 is 2.13 bits per heavy atom. The maximum absolute atomic E-state index is 12.9. The summed E-state index contributed by atoms with van der Waals surface area (Å²) in [6.07, 6.45) is 0. The molecule has 4 heteroatoms. The van der Waals surface area contributed by atoms with Gasteiger partial charge >= 0.3 is 0 Å². The molecule has 0 saturated carbocycles. The van der Waals surface area contributed by atoms with Crippen LogP contribution in [0.2, 0.25) is 5.02 Å². The highest BCUT2D eigenvalue weighted by atomic mass is 35.5. The van der Waals surface area contributed by atoms with Crippen molar-refractivity contribution in [2.75, 3.05) is 0 Å². The summed E-state index contributed by atoms with van der Waals surface area (Å²) in [7, 11) is 0. The highest BCUT2D eigenvalue weighted by Gasteiger charge is 2.05. The molecule has 0 aliphatic heterocycles. The molecule has 2 aromatic rings. The zero-order chi connectivity index (χ0) is 10.8.